The van der Waals surface area contributed by atoms with Crippen LogP contribution in [0.15, 0.2) is 42.5 Å². The highest BCUT2D eigenvalue weighted by molar-refractivity contribution is 6.31. The maximum Gasteiger partial charge on any atom is 0.119 e. The number of aliphatic hydroxyl groups excluding tert-OH is 4. The molecule has 34 heavy (non-hydrogen) atoms. The Balaban J connectivity index is 1.25. The van der Waals surface area contributed by atoms with Crippen LogP contribution in [0.5, 0.6) is 5.75 Å². The zero-order valence-corrected chi connectivity index (χ0v) is 20.2. The molecule has 0 bridgehead atoms. The number of halogens is 1. The molecule has 2 aliphatic carbocycles. The first-order valence-corrected chi connectivity index (χ1v) is 12.4. The SMILES string of the molecule is CC1(C)C2CC(Oc3ccc(Cc4cc(C5OC(CO)C(O)C(O)C5O)ccc4Cl)cc3)CC21. The van der Waals surface area contributed by atoms with Crippen LogP contribution in [0.1, 0.15) is 49.5 Å². The fourth-order valence-electron chi connectivity index (χ4n) is 5.93. The van der Waals surface area contributed by atoms with Crippen molar-refractivity contribution in [3.63, 3.8) is 0 Å². The summed E-state index contributed by atoms with van der Waals surface area (Å²) in [6.45, 7) is 4.24. The van der Waals surface area contributed by atoms with E-state index in [4.69, 9.17) is 21.1 Å². The maximum atomic E-state index is 10.5. The van der Waals surface area contributed by atoms with Crippen LogP contribution in [-0.4, -0.2) is 57.6 Å². The van der Waals surface area contributed by atoms with Crippen LogP contribution in [0.25, 0.3) is 0 Å². The molecule has 4 N–H and O–H groups in total. The Hall–Kier alpha value is -1.67. The lowest BCUT2D eigenvalue weighted by Crippen LogP contribution is -2.55. The van der Waals surface area contributed by atoms with Crippen molar-refractivity contribution < 1.29 is 29.9 Å². The van der Waals surface area contributed by atoms with Gasteiger partial charge in [0.2, 0.25) is 0 Å². The smallest absolute Gasteiger partial charge is 0.119 e. The molecule has 7 unspecified atom stereocenters. The van der Waals surface area contributed by atoms with Crippen molar-refractivity contribution in [3.05, 3.63) is 64.2 Å². The van der Waals surface area contributed by atoms with Crippen molar-refractivity contribution in [2.75, 3.05) is 6.61 Å². The number of aliphatic hydroxyl groups is 4. The fraction of sp³-hybridized carbons (Fsp3) is 0.556. The van der Waals surface area contributed by atoms with Gasteiger partial charge < -0.3 is 29.9 Å². The van der Waals surface area contributed by atoms with Crippen LogP contribution in [0.2, 0.25) is 5.02 Å². The molecule has 1 heterocycles. The summed E-state index contributed by atoms with van der Waals surface area (Å²) in [6, 6.07) is 13.4. The zero-order valence-electron chi connectivity index (χ0n) is 19.5. The molecule has 6 nitrogen and oxygen atoms in total. The van der Waals surface area contributed by atoms with Crippen molar-refractivity contribution in [2.24, 2.45) is 17.3 Å². The molecule has 1 aliphatic heterocycles. The van der Waals surface area contributed by atoms with Gasteiger partial charge in [-0.15, -0.1) is 0 Å². The number of benzene rings is 2. The Bertz CT molecular complexity index is 1010. The van der Waals surface area contributed by atoms with Crippen LogP contribution >= 0.6 is 11.6 Å². The zero-order chi connectivity index (χ0) is 24.2. The first-order valence-electron chi connectivity index (χ1n) is 12.0. The topological polar surface area (TPSA) is 99.4 Å². The lowest BCUT2D eigenvalue weighted by atomic mass is 9.90. The first-order chi connectivity index (χ1) is 16.2. The second-order valence-electron chi connectivity index (χ2n) is 10.7. The Labute approximate surface area is 205 Å². The van der Waals surface area contributed by atoms with E-state index in [9.17, 15) is 20.4 Å². The Morgan fingerprint density at radius 2 is 1.65 bits per heavy atom. The lowest BCUT2D eigenvalue weighted by Gasteiger charge is -2.40. The van der Waals surface area contributed by atoms with E-state index in [0.717, 1.165) is 41.6 Å². The summed E-state index contributed by atoms with van der Waals surface area (Å²) in [7, 11) is 0. The van der Waals surface area contributed by atoms with Gasteiger partial charge in [-0.25, -0.2) is 0 Å². The third kappa shape index (κ3) is 4.36. The summed E-state index contributed by atoms with van der Waals surface area (Å²) in [5.41, 5.74) is 3.03. The summed E-state index contributed by atoms with van der Waals surface area (Å²) < 4.78 is 11.9. The largest absolute Gasteiger partial charge is 0.490 e. The molecule has 3 aliphatic rings. The highest BCUT2D eigenvalue weighted by Gasteiger charge is 2.62. The molecule has 0 amide bonds. The second-order valence-corrected chi connectivity index (χ2v) is 11.1. The van der Waals surface area contributed by atoms with Gasteiger partial charge >= 0.3 is 0 Å². The second kappa shape index (κ2) is 9.08. The maximum absolute atomic E-state index is 10.5. The van der Waals surface area contributed by atoms with Crippen molar-refractivity contribution in [2.45, 2.75) is 69.7 Å². The van der Waals surface area contributed by atoms with Crippen molar-refractivity contribution in [1.29, 1.82) is 0 Å². The van der Waals surface area contributed by atoms with E-state index in [-0.39, 0.29) is 0 Å². The highest BCUT2D eigenvalue weighted by Crippen LogP contribution is 2.67. The normalized spacial score (nSPS) is 36.2. The van der Waals surface area contributed by atoms with Crippen LogP contribution in [0, 0.1) is 17.3 Å². The van der Waals surface area contributed by atoms with Gasteiger partial charge in [-0.3, -0.25) is 0 Å². The Morgan fingerprint density at radius 1 is 0.971 bits per heavy atom. The van der Waals surface area contributed by atoms with Crippen LogP contribution in [0.4, 0.5) is 0 Å². The minimum Gasteiger partial charge on any atom is -0.490 e. The summed E-state index contributed by atoms with van der Waals surface area (Å²) in [5.74, 6) is 2.48. The van der Waals surface area contributed by atoms with Crippen molar-refractivity contribution in [1.82, 2.24) is 0 Å². The molecule has 1 saturated heterocycles. The van der Waals surface area contributed by atoms with E-state index >= 15 is 0 Å². The number of rotatable bonds is 6. The van der Waals surface area contributed by atoms with Gasteiger partial charge in [0.1, 0.15) is 36.3 Å². The first kappa shape index (κ1) is 24.0. The number of ether oxygens (including phenoxy) is 2. The molecule has 0 spiro atoms. The molecule has 3 fully saturated rings. The van der Waals surface area contributed by atoms with Gasteiger partial charge in [0, 0.05) is 5.02 Å². The molecule has 2 aromatic rings. The number of hydrogen-bond donors (Lipinski definition) is 4. The molecule has 5 rings (SSSR count). The minimum atomic E-state index is -1.42. The van der Waals surface area contributed by atoms with Gasteiger partial charge in [-0.2, -0.15) is 0 Å². The monoisotopic (exact) mass is 488 g/mol. The fourth-order valence-corrected chi connectivity index (χ4v) is 6.12. The number of hydrogen-bond acceptors (Lipinski definition) is 6. The van der Waals surface area contributed by atoms with Crippen LogP contribution in [-0.2, 0) is 11.2 Å². The molecular weight excluding hydrogens is 456 g/mol. The summed E-state index contributed by atoms with van der Waals surface area (Å²) in [5, 5.41) is 40.7. The highest BCUT2D eigenvalue weighted by atomic mass is 35.5. The van der Waals surface area contributed by atoms with Gasteiger partial charge in [-0.05, 0) is 71.4 Å². The quantitative estimate of drug-likeness (QED) is 0.498. The van der Waals surface area contributed by atoms with E-state index in [0.29, 0.717) is 28.5 Å². The molecule has 0 aromatic heterocycles. The van der Waals surface area contributed by atoms with E-state index in [1.807, 2.05) is 30.3 Å². The summed E-state index contributed by atoms with van der Waals surface area (Å²) in [6.07, 6.45) is -2.80. The van der Waals surface area contributed by atoms with Gasteiger partial charge in [0.25, 0.3) is 0 Å². The molecule has 7 atom stereocenters. The molecule has 2 aromatic carbocycles. The third-order valence-electron chi connectivity index (χ3n) is 8.23. The Morgan fingerprint density at radius 3 is 2.29 bits per heavy atom. The van der Waals surface area contributed by atoms with Gasteiger partial charge in [-0.1, -0.05) is 49.7 Å². The molecular formula is C27H33ClO6. The molecule has 2 saturated carbocycles. The average molecular weight is 489 g/mol. The molecule has 0 radical (unpaired) electrons. The van der Waals surface area contributed by atoms with E-state index in [2.05, 4.69) is 13.8 Å². The van der Waals surface area contributed by atoms with E-state index in [1.165, 1.54) is 0 Å². The predicted molar refractivity (Wildman–Crippen MR) is 128 cm³/mol. The van der Waals surface area contributed by atoms with Gasteiger partial charge in [0.05, 0.1) is 12.7 Å². The summed E-state index contributed by atoms with van der Waals surface area (Å²) >= 11 is 6.46. The van der Waals surface area contributed by atoms with Crippen LogP contribution in [0.3, 0.4) is 0 Å². The van der Waals surface area contributed by atoms with E-state index in [1.54, 1.807) is 12.1 Å². The van der Waals surface area contributed by atoms with Crippen molar-refractivity contribution >= 4 is 11.6 Å². The van der Waals surface area contributed by atoms with Crippen molar-refractivity contribution in [3.8, 4) is 5.75 Å². The molecule has 184 valence electrons. The third-order valence-corrected chi connectivity index (χ3v) is 8.60. The number of fused-ring (bicyclic) bond motifs is 1. The Kier molecular flexibility index (Phi) is 6.42. The standard InChI is InChI=1S/C27H33ClO6/c1-27(2)19-11-18(12-20(19)27)33-17-6-3-14(4-7-17)9-16-10-15(5-8-21(16)28)26-25(32)24(31)23(30)22(13-29)34-26/h3-8,10,18-20,22-26,29-32H,9,11-13H2,1-2H3. The average Bonchev–Trinajstić information content (AvgIpc) is 3.13. The van der Waals surface area contributed by atoms with Crippen LogP contribution < -0.4 is 4.74 Å². The minimum absolute atomic E-state index is 0.304. The molecule has 7 heteroatoms. The van der Waals surface area contributed by atoms with Gasteiger partial charge in [0.15, 0.2) is 0 Å². The lowest BCUT2D eigenvalue weighted by molar-refractivity contribution is -0.231. The predicted octanol–water partition coefficient (Wildman–Crippen LogP) is 3.26. The van der Waals surface area contributed by atoms with E-state index < -0.39 is 37.1 Å². The summed E-state index contributed by atoms with van der Waals surface area (Å²) in [4.78, 5) is 0.